The number of benzene rings is 2. The summed E-state index contributed by atoms with van der Waals surface area (Å²) in [5.74, 6) is 1.18. The van der Waals surface area contributed by atoms with Crippen molar-refractivity contribution in [3.63, 3.8) is 0 Å². The van der Waals surface area contributed by atoms with Gasteiger partial charge in [-0.15, -0.1) is 0 Å². The lowest BCUT2D eigenvalue weighted by Gasteiger charge is -2.20. The van der Waals surface area contributed by atoms with Gasteiger partial charge in [-0.1, -0.05) is 31.2 Å². The normalized spacial score (nSPS) is 13.1. The van der Waals surface area contributed by atoms with E-state index < -0.39 is 0 Å². The molecule has 1 heterocycles. The second kappa shape index (κ2) is 5.37. The Labute approximate surface area is 118 Å². The highest BCUT2D eigenvalue weighted by Gasteiger charge is 2.21. The molecule has 2 aromatic carbocycles. The van der Waals surface area contributed by atoms with E-state index in [1.165, 1.54) is 0 Å². The molecule has 0 N–H and O–H groups in total. The monoisotopic (exact) mass is 268 g/mol. The van der Waals surface area contributed by atoms with Gasteiger partial charge in [-0.05, 0) is 30.2 Å². The smallest absolute Gasteiger partial charge is 0.196 e. The van der Waals surface area contributed by atoms with Gasteiger partial charge >= 0.3 is 0 Å². The lowest BCUT2D eigenvalue weighted by atomic mass is 9.99. The quantitative estimate of drug-likeness (QED) is 0.802. The maximum Gasteiger partial charge on any atom is 0.196 e. The predicted octanol–water partition coefficient (Wildman–Crippen LogP) is 3.25. The molecule has 102 valence electrons. The molecule has 0 fully saturated rings. The molecule has 3 rings (SSSR count). The van der Waals surface area contributed by atoms with Crippen LogP contribution in [-0.4, -0.2) is 19.0 Å². The van der Waals surface area contributed by atoms with Crippen molar-refractivity contribution in [2.45, 2.75) is 13.3 Å². The number of aryl methyl sites for hydroxylation is 1. The van der Waals surface area contributed by atoms with Crippen molar-refractivity contribution in [1.29, 1.82) is 0 Å². The Morgan fingerprint density at radius 3 is 2.75 bits per heavy atom. The van der Waals surface area contributed by atoms with Crippen molar-refractivity contribution in [2.75, 3.05) is 13.2 Å². The molecule has 0 saturated heterocycles. The number of hydrogen-bond donors (Lipinski definition) is 0. The van der Waals surface area contributed by atoms with Crippen molar-refractivity contribution >= 4 is 5.78 Å². The van der Waals surface area contributed by atoms with E-state index in [1.807, 2.05) is 36.4 Å². The minimum Gasteiger partial charge on any atom is -0.486 e. The van der Waals surface area contributed by atoms with Crippen molar-refractivity contribution in [3.05, 3.63) is 59.2 Å². The fraction of sp³-hybridized carbons (Fsp3) is 0.235. The number of carbonyl (C=O) groups is 1. The number of hydrogen-bond acceptors (Lipinski definition) is 3. The maximum atomic E-state index is 12.7. The second-order valence-electron chi connectivity index (χ2n) is 4.71. The third kappa shape index (κ3) is 2.27. The molecular weight excluding hydrogens is 252 g/mol. The lowest BCUT2D eigenvalue weighted by molar-refractivity contribution is 0.102. The molecule has 1 aliphatic heterocycles. The Morgan fingerprint density at radius 1 is 1.10 bits per heavy atom. The van der Waals surface area contributed by atoms with Crippen LogP contribution in [0.4, 0.5) is 0 Å². The summed E-state index contributed by atoms with van der Waals surface area (Å²) in [6.07, 6.45) is 0.910. The first-order valence-corrected chi connectivity index (χ1v) is 6.82. The summed E-state index contributed by atoms with van der Waals surface area (Å²) >= 11 is 0. The fourth-order valence-electron chi connectivity index (χ4n) is 2.34. The molecule has 0 spiro atoms. The van der Waals surface area contributed by atoms with E-state index in [-0.39, 0.29) is 5.78 Å². The Bertz CT molecular complexity index is 646. The van der Waals surface area contributed by atoms with Gasteiger partial charge in [-0.2, -0.15) is 0 Å². The van der Waals surface area contributed by atoms with E-state index in [0.29, 0.717) is 35.8 Å². The average molecular weight is 268 g/mol. The molecule has 1 aliphatic rings. The summed E-state index contributed by atoms with van der Waals surface area (Å²) in [6.45, 7) is 3.08. The standard InChI is InChI=1S/C17H16O3/c1-2-12-5-3-6-13(11-12)16(18)14-7-4-8-15-17(14)20-10-9-19-15/h3-8,11H,2,9-10H2,1H3. The third-order valence-electron chi connectivity index (χ3n) is 3.41. The Kier molecular flexibility index (Phi) is 3.42. The van der Waals surface area contributed by atoms with Crippen LogP contribution in [0.5, 0.6) is 11.5 Å². The van der Waals surface area contributed by atoms with E-state index in [0.717, 1.165) is 12.0 Å². The van der Waals surface area contributed by atoms with Gasteiger partial charge in [-0.3, -0.25) is 4.79 Å². The molecule has 2 aromatic rings. The first-order chi connectivity index (χ1) is 9.79. The molecule has 0 saturated carbocycles. The summed E-state index contributed by atoms with van der Waals surface area (Å²) in [5.41, 5.74) is 2.40. The minimum atomic E-state index is -0.0253. The number of ether oxygens (including phenoxy) is 2. The Balaban J connectivity index is 2.02. The lowest BCUT2D eigenvalue weighted by Crippen LogP contribution is -2.18. The van der Waals surface area contributed by atoms with Crippen LogP contribution in [-0.2, 0) is 6.42 Å². The van der Waals surface area contributed by atoms with Gasteiger partial charge in [0.15, 0.2) is 17.3 Å². The van der Waals surface area contributed by atoms with Crippen LogP contribution in [0.3, 0.4) is 0 Å². The van der Waals surface area contributed by atoms with Crippen molar-refractivity contribution in [1.82, 2.24) is 0 Å². The van der Waals surface area contributed by atoms with Gasteiger partial charge in [0, 0.05) is 5.56 Å². The van der Waals surface area contributed by atoms with Gasteiger partial charge in [0.2, 0.25) is 0 Å². The van der Waals surface area contributed by atoms with Gasteiger partial charge < -0.3 is 9.47 Å². The van der Waals surface area contributed by atoms with E-state index in [1.54, 1.807) is 6.07 Å². The van der Waals surface area contributed by atoms with Gasteiger partial charge in [0.1, 0.15) is 13.2 Å². The zero-order valence-corrected chi connectivity index (χ0v) is 11.4. The maximum absolute atomic E-state index is 12.7. The molecule has 0 radical (unpaired) electrons. The number of carbonyl (C=O) groups excluding carboxylic acids is 1. The SMILES string of the molecule is CCc1cccc(C(=O)c2cccc3c2OCCO3)c1. The molecule has 0 aromatic heterocycles. The van der Waals surface area contributed by atoms with Gasteiger partial charge in [0.25, 0.3) is 0 Å². The highest BCUT2D eigenvalue weighted by Crippen LogP contribution is 2.34. The zero-order valence-electron chi connectivity index (χ0n) is 11.4. The minimum absolute atomic E-state index is 0.0253. The molecule has 0 bridgehead atoms. The molecule has 0 unspecified atom stereocenters. The van der Waals surface area contributed by atoms with E-state index in [4.69, 9.17) is 9.47 Å². The van der Waals surface area contributed by atoms with Crippen LogP contribution in [0.1, 0.15) is 28.4 Å². The number of fused-ring (bicyclic) bond motifs is 1. The third-order valence-corrected chi connectivity index (χ3v) is 3.41. The van der Waals surface area contributed by atoms with Crippen LogP contribution >= 0.6 is 0 Å². The molecule has 0 aliphatic carbocycles. The van der Waals surface area contributed by atoms with E-state index in [2.05, 4.69) is 6.92 Å². The van der Waals surface area contributed by atoms with Crippen LogP contribution in [0.25, 0.3) is 0 Å². The Hall–Kier alpha value is -2.29. The van der Waals surface area contributed by atoms with Crippen molar-refractivity contribution < 1.29 is 14.3 Å². The van der Waals surface area contributed by atoms with E-state index >= 15 is 0 Å². The fourth-order valence-corrected chi connectivity index (χ4v) is 2.34. The van der Waals surface area contributed by atoms with Crippen molar-refractivity contribution in [3.8, 4) is 11.5 Å². The first-order valence-electron chi connectivity index (χ1n) is 6.82. The first kappa shape index (κ1) is 12.7. The van der Waals surface area contributed by atoms with Crippen LogP contribution in [0.2, 0.25) is 0 Å². The number of rotatable bonds is 3. The van der Waals surface area contributed by atoms with Gasteiger partial charge in [0.05, 0.1) is 5.56 Å². The molecular formula is C17H16O3. The number of para-hydroxylation sites is 1. The van der Waals surface area contributed by atoms with Crippen LogP contribution in [0.15, 0.2) is 42.5 Å². The highest BCUT2D eigenvalue weighted by atomic mass is 16.6. The Morgan fingerprint density at radius 2 is 1.90 bits per heavy atom. The summed E-state index contributed by atoms with van der Waals surface area (Å²) < 4.78 is 11.1. The molecule has 0 atom stereocenters. The topological polar surface area (TPSA) is 35.5 Å². The predicted molar refractivity (Wildman–Crippen MR) is 76.7 cm³/mol. The zero-order chi connectivity index (χ0) is 13.9. The summed E-state index contributed by atoms with van der Waals surface area (Å²) in [5, 5.41) is 0. The molecule has 20 heavy (non-hydrogen) atoms. The summed E-state index contributed by atoms with van der Waals surface area (Å²) in [7, 11) is 0. The van der Waals surface area contributed by atoms with Gasteiger partial charge in [-0.25, -0.2) is 0 Å². The van der Waals surface area contributed by atoms with Crippen LogP contribution < -0.4 is 9.47 Å². The van der Waals surface area contributed by atoms with E-state index in [9.17, 15) is 4.79 Å². The number of ketones is 1. The summed E-state index contributed by atoms with van der Waals surface area (Å²) in [6, 6.07) is 13.2. The van der Waals surface area contributed by atoms with Crippen molar-refractivity contribution in [2.24, 2.45) is 0 Å². The highest BCUT2D eigenvalue weighted by molar-refractivity contribution is 6.11. The summed E-state index contributed by atoms with van der Waals surface area (Å²) in [4.78, 5) is 12.7. The largest absolute Gasteiger partial charge is 0.486 e. The van der Waals surface area contributed by atoms with Crippen LogP contribution in [0, 0.1) is 0 Å². The molecule has 0 amide bonds. The second-order valence-corrected chi connectivity index (χ2v) is 4.71. The average Bonchev–Trinajstić information content (AvgIpc) is 2.53. The molecule has 3 heteroatoms. The molecule has 3 nitrogen and oxygen atoms in total.